The molecule has 0 saturated carbocycles. The van der Waals surface area contributed by atoms with Crippen LogP contribution >= 0.6 is 0 Å². The number of nitrogens with one attached hydrogen (secondary N) is 2. The largest absolute Gasteiger partial charge is 0.378 e. The van der Waals surface area contributed by atoms with E-state index in [4.69, 9.17) is 4.74 Å². The Hall–Kier alpha value is -3.16. The van der Waals surface area contributed by atoms with Crippen LogP contribution in [-0.4, -0.2) is 20.8 Å². The van der Waals surface area contributed by atoms with Gasteiger partial charge in [-0.3, -0.25) is 9.52 Å². The van der Waals surface area contributed by atoms with Crippen LogP contribution in [-0.2, 0) is 14.8 Å². The van der Waals surface area contributed by atoms with E-state index in [1.165, 1.54) is 0 Å². The highest BCUT2D eigenvalue weighted by Crippen LogP contribution is 2.50. The van der Waals surface area contributed by atoms with Crippen molar-refractivity contribution in [3.63, 3.8) is 0 Å². The number of carbonyl (C=O) groups excluding carboxylic acids is 1. The summed E-state index contributed by atoms with van der Waals surface area (Å²) in [6, 6.07) is 20.3. The summed E-state index contributed by atoms with van der Waals surface area (Å²) >= 11 is 0. The van der Waals surface area contributed by atoms with Crippen molar-refractivity contribution in [1.29, 1.82) is 0 Å². The number of hydrogen-bond acceptors (Lipinski definition) is 5. The number of Topliss-reactive ketones (excluding diaryl/α,β-unsaturated/α-hetero) is 1. The number of ketones is 1. The minimum atomic E-state index is -3.74. The van der Waals surface area contributed by atoms with Crippen molar-refractivity contribution in [3.8, 4) is 0 Å². The van der Waals surface area contributed by atoms with Crippen LogP contribution in [0.2, 0.25) is 0 Å². The molecule has 6 nitrogen and oxygen atoms in total. The molecule has 2 aliphatic rings. The van der Waals surface area contributed by atoms with Crippen molar-refractivity contribution < 1.29 is 17.9 Å². The number of benzene rings is 3. The second kappa shape index (κ2) is 9.13. The maximum Gasteiger partial charge on any atom is 0.261 e. The van der Waals surface area contributed by atoms with E-state index in [-0.39, 0.29) is 34.7 Å². The number of sulfonamides is 1. The molecule has 2 unspecified atom stereocenters. The average Bonchev–Trinajstić information content (AvgIpc) is 3.34. The Morgan fingerprint density at radius 2 is 1.74 bits per heavy atom. The fourth-order valence-electron chi connectivity index (χ4n) is 4.97. The summed E-state index contributed by atoms with van der Waals surface area (Å²) in [5.74, 6) is 0.254. The topological polar surface area (TPSA) is 84.5 Å². The number of anilines is 2. The third kappa shape index (κ3) is 4.58. The smallest absolute Gasteiger partial charge is 0.261 e. The van der Waals surface area contributed by atoms with Crippen LogP contribution in [0.25, 0.3) is 0 Å². The lowest BCUT2D eigenvalue weighted by molar-refractivity contribution is 0.0827. The Kier molecular flexibility index (Phi) is 6.15. The molecule has 3 atom stereocenters. The summed E-state index contributed by atoms with van der Waals surface area (Å²) in [7, 11) is -3.74. The SMILES string of the molecule is Cc1ccc(NS(=O)(=O)c2ccc3c(c2)C2OCC[C@H]2C(c2ccc(C(=O)C(C)C)cc2)N3)cc1. The molecule has 35 heavy (non-hydrogen) atoms. The third-order valence-electron chi connectivity index (χ3n) is 6.90. The summed E-state index contributed by atoms with van der Waals surface area (Å²) in [5, 5.41) is 3.61. The monoisotopic (exact) mass is 490 g/mol. The number of carbonyl (C=O) groups is 1. The normalized spacial score (nSPS) is 21.2. The first-order chi connectivity index (χ1) is 16.7. The molecule has 1 saturated heterocycles. The molecule has 2 heterocycles. The van der Waals surface area contributed by atoms with Gasteiger partial charge in [0.2, 0.25) is 0 Å². The molecule has 1 fully saturated rings. The second-order valence-corrected chi connectivity index (χ2v) is 11.4. The standard InChI is InChI=1S/C28H30N2O4S/c1-17(2)27(31)20-8-6-19(7-9-20)26-23-14-15-34-28(23)24-16-22(12-13-25(24)29-26)35(32,33)30-21-10-4-18(3)5-11-21/h4-13,16-17,23,26,28-30H,14-15H2,1-3H3/t23-,26?,28?/m0/s1. The van der Waals surface area contributed by atoms with Crippen molar-refractivity contribution in [1.82, 2.24) is 0 Å². The van der Waals surface area contributed by atoms with Crippen LogP contribution in [0.3, 0.4) is 0 Å². The van der Waals surface area contributed by atoms with Gasteiger partial charge in [0.05, 0.1) is 17.0 Å². The van der Waals surface area contributed by atoms with Gasteiger partial charge in [-0.1, -0.05) is 55.8 Å². The molecule has 5 rings (SSSR count). The van der Waals surface area contributed by atoms with E-state index in [9.17, 15) is 13.2 Å². The van der Waals surface area contributed by atoms with Crippen molar-refractivity contribution in [2.75, 3.05) is 16.6 Å². The lowest BCUT2D eigenvalue weighted by Crippen LogP contribution is -2.29. The average molecular weight is 491 g/mol. The van der Waals surface area contributed by atoms with Gasteiger partial charge in [-0.25, -0.2) is 8.42 Å². The number of fused-ring (bicyclic) bond motifs is 3. The zero-order valence-corrected chi connectivity index (χ0v) is 20.9. The predicted octanol–water partition coefficient (Wildman–Crippen LogP) is 5.88. The van der Waals surface area contributed by atoms with Gasteiger partial charge in [-0.15, -0.1) is 0 Å². The molecule has 2 aliphatic heterocycles. The summed E-state index contributed by atoms with van der Waals surface area (Å²) in [4.78, 5) is 12.5. The minimum absolute atomic E-state index is 0.0198. The molecule has 0 aromatic heterocycles. The quantitative estimate of drug-likeness (QED) is 0.422. The van der Waals surface area contributed by atoms with Crippen molar-refractivity contribution in [2.45, 2.75) is 44.2 Å². The Labute approximate surface area is 206 Å². The predicted molar refractivity (Wildman–Crippen MR) is 137 cm³/mol. The maximum atomic E-state index is 13.1. The van der Waals surface area contributed by atoms with Crippen molar-refractivity contribution in [3.05, 3.63) is 89.0 Å². The summed E-state index contributed by atoms with van der Waals surface area (Å²) < 4.78 is 35.0. The molecule has 0 aliphatic carbocycles. The van der Waals surface area contributed by atoms with Gasteiger partial charge in [-0.2, -0.15) is 0 Å². The molecular formula is C28H30N2O4S. The third-order valence-corrected chi connectivity index (χ3v) is 8.28. The first-order valence-electron chi connectivity index (χ1n) is 12.0. The minimum Gasteiger partial charge on any atom is -0.378 e. The first-order valence-corrected chi connectivity index (χ1v) is 13.5. The summed E-state index contributed by atoms with van der Waals surface area (Å²) in [5.41, 5.74) is 5.13. The van der Waals surface area contributed by atoms with E-state index in [1.54, 1.807) is 24.3 Å². The lowest BCUT2D eigenvalue weighted by atomic mass is 9.81. The van der Waals surface area contributed by atoms with E-state index in [0.29, 0.717) is 12.3 Å². The number of ether oxygens (including phenoxy) is 1. The molecule has 182 valence electrons. The molecule has 0 amide bonds. The van der Waals surface area contributed by atoms with Crippen LogP contribution in [0.15, 0.2) is 71.6 Å². The van der Waals surface area contributed by atoms with Gasteiger partial charge in [0.25, 0.3) is 10.0 Å². The van der Waals surface area contributed by atoms with E-state index in [2.05, 4.69) is 10.0 Å². The van der Waals surface area contributed by atoms with Crippen LogP contribution in [0, 0.1) is 18.8 Å². The molecule has 2 N–H and O–H groups in total. The fraction of sp³-hybridized carbons (Fsp3) is 0.321. The van der Waals surface area contributed by atoms with Crippen LogP contribution in [0.5, 0.6) is 0 Å². The fourth-order valence-corrected chi connectivity index (χ4v) is 6.07. The zero-order chi connectivity index (χ0) is 24.7. The van der Waals surface area contributed by atoms with E-state index < -0.39 is 10.0 Å². The molecule has 0 spiro atoms. The van der Waals surface area contributed by atoms with E-state index >= 15 is 0 Å². The van der Waals surface area contributed by atoms with Crippen LogP contribution in [0.1, 0.15) is 59.5 Å². The molecule has 3 aromatic rings. The van der Waals surface area contributed by atoms with Gasteiger partial charge in [-0.05, 0) is 49.2 Å². The Morgan fingerprint density at radius 3 is 2.43 bits per heavy atom. The Balaban J connectivity index is 1.43. The van der Waals surface area contributed by atoms with E-state index in [0.717, 1.165) is 34.4 Å². The number of hydrogen-bond donors (Lipinski definition) is 2. The van der Waals surface area contributed by atoms with E-state index in [1.807, 2.05) is 63.2 Å². The number of aryl methyl sites for hydroxylation is 1. The van der Waals surface area contributed by atoms with Crippen molar-refractivity contribution >= 4 is 27.2 Å². The zero-order valence-electron chi connectivity index (χ0n) is 20.1. The van der Waals surface area contributed by atoms with Gasteiger partial charge in [0, 0.05) is 40.9 Å². The highest BCUT2D eigenvalue weighted by atomic mass is 32.2. The molecule has 0 radical (unpaired) electrons. The Bertz CT molecular complexity index is 1350. The van der Waals surface area contributed by atoms with Crippen LogP contribution in [0.4, 0.5) is 11.4 Å². The highest BCUT2D eigenvalue weighted by molar-refractivity contribution is 7.92. The summed E-state index contributed by atoms with van der Waals surface area (Å²) in [6.07, 6.45) is 0.676. The van der Waals surface area contributed by atoms with Gasteiger partial charge in [0.15, 0.2) is 5.78 Å². The lowest BCUT2D eigenvalue weighted by Gasteiger charge is -2.36. The highest BCUT2D eigenvalue weighted by Gasteiger charge is 2.42. The summed E-state index contributed by atoms with van der Waals surface area (Å²) in [6.45, 7) is 6.39. The van der Waals surface area contributed by atoms with Gasteiger partial charge < -0.3 is 10.1 Å². The molecular weight excluding hydrogens is 460 g/mol. The molecule has 3 aromatic carbocycles. The first kappa shape index (κ1) is 23.6. The van der Waals surface area contributed by atoms with Gasteiger partial charge >= 0.3 is 0 Å². The maximum absolute atomic E-state index is 13.1. The molecule has 0 bridgehead atoms. The Morgan fingerprint density at radius 1 is 1.03 bits per heavy atom. The van der Waals surface area contributed by atoms with Crippen molar-refractivity contribution in [2.24, 2.45) is 11.8 Å². The van der Waals surface area contributed by atoms with Gasteiger partial charge in [0.1, 0.15) is 0 Å². The second-order valence-electron chi connectivity index (χ2n) is 9.73. The molecule has 7 heteroatoms. The number of rotatable bonds is 6. The van der Waals surface area contributed by atoms with Crippen LogP contribution < -0.4 is 10.0 Å².